The van der Waals surface area contributed by atoms with Crippen LogP contribution in [0.25, 0.3) is 0 Å². The zero-order chi connectivity index (χ0) is 18.2. The third kappa shape index (κ3) is 5.06. The third-order valence-electron chi connectivity index (χ3n) is 4.70. The van der Waals surface area contributed by atoms with Gasteiger partial charge >= 0.3 is 0 Å². The predicted octanol–water partition coefficient (Wildman–Crippen LogP) is 5.28. The molecular formula is C24H25NO. The van der Waals surface area contributed by atoms with Gasteiger partial charge in [0, 0.05) is 6.42 Å². The lowest BCUT2D eigenvalue weighted by molar-refractivity contribution is -0.122. The topological polar surface area (TPSA) is 29.1 Å². The molecule has 0 radical (unpaired) electrons. The fourth-order valence-electron chi connectivity index (χ4n) is 3.28. The van der Waals surface area contributed by atoms with Crippen LogP contribution in [0.3, 0.4) is 0 Å². The minimum absolute atomic E-state index is 0.0110. The smallest absolute Gasteiger partial charge is 0.221 e. The second kappa shape index (κ2) is 9.00. The average molecular weight is 343 g/mol. The number of benzene rings is 3. The highest BCUT2D eigenvalue weighted by molar-refractivity contribution is 5.77. The monoisotopic (exact) mass is 343 g/mol. The normalized spacial score (nSPS) is 13.0. The zero-order valence-corrected chi connectivity index (χ0v) is 15.1. The molecule has 0 heterocycles. The van der Waals surface area contributed by atoms with Gasteiger partial charge in [-0.15, -0.1) is 0 Å². The van der Waals surface area contributed by atoms with Crippen LogP contribution in [0, 0.1) is 0 Å². The first kappa shape index (κ1) is 17.9. The van der Waals surface area contributed by atoms with E-state index in [1.807, 2.05) is 61.5 Å². The van der Waals surface area contributed by atoms with Gasteiger partial charge in [-0.1, -0.05) is 91.0 Å². The SMILES string of the molecule is C[C@H](NC(=O)C[C@H](Cc1ccccc1)c1ccccc1)c1ccccc1. The summed E-state index contributed by atoms with van der Waals surface area (Å²) in [7, 11) is 0. The molecule has 2 nitrogen and oxygen atoms in total. The summed E-state index contributed by atoms with van der Waals surface area (Å²) in [6.07, 6.45) is 1.34. The second-order valence-corrected chi connectivity index (χ2v) is 6.70. The van der Waals surface area contributed by atoms with Gasteiger partial charge < -0.3 is 5.32 Å². The van der Waals surface area contributed by atoms with Crippen molar-refractivity contribution < 1.29 is 4.79 Å². The van der Waals surface area contributed by atoms with Gasteiger partial charge in [-0.05, 0) is 36.0 Å². The minimum atomic E-state index is 0.0110. The summed E-state index contributed by atoms with van der Waals surface area (Å²) in [5, 5.41) is 3.14. The quantitative estimate of drug-likeness (QED) is 0.621. The molecule has 1 N–H and O–H groups in total. The Kier molecular flexibility index (Phi) is 6.21. The van der Waals surface area contributed by atoms with Gasteiger partial charge in [0.05, 0.1) is 6.04 Å². The zero-order valence-electron chi connectivity index (χ0n) is 15.1. The van der Waals surface area contributed by atoms with Crippen molar-refractivity contribution in [2.24, 2.45) is 0 Å². The Morgan fingerprint density at radius 1 is 0.769 bits per heavy atom. The molecular weight excluding hydrogens is 318 g/mol. The Bertz CT molecular complexity index is 799. The van der Waals surface area contributed by atoms with Gasteiger partial charge in [0.15, 0.2) is 0 Å². The summed E-state index contributed by atoms with van der Waals surface area (Å²) >= 11 is 0. The van der Waals surface area contributed by atoms with Gasteiger partial charge in [-0.2, -0.15) is 0 Å². The van der Waals surface area contributed by atoms with E-state index < -0.39 is 0 Å². The van der Waals surface area contributed by atoms with Crippen LogP contribution in [-0.4, -0.2) is 5.91 Å². The Morgan fingerprint density at radius 2 is 1.27 bits per heavy atom. The molecule has 3 rings (SSSR count). The molecule has 1 amide bonds. The molecule has 0 unspecified atom stereocenters. The summed E-state index contributed by atoms with van der Waals surface area (Å²) < 4.78 is 0. The summed E-state index contributed by atoms with van der Waals surface area (Å²) in [6, 6.07) is 30.8. The lowest BCUT2D eigenvalue weighted by atomic mass is 9.89. The molecule has 0 aliphatic heterocycles. The molecule has 0 bridgehead atoms. The maximum Gasteiger partial charge on any atom is 0.221 e. The highest BCUT2D eigenvalue weighted by atomic mass is 16.1. The predicted molar refractivity (Wildman–Crippen MR) is 107 cm³/mol. The van der Waals surface area contributed by atoms with E-state index in [0.29, 0.717) is 6.42 Å². The van der Waals surface area contributed by atoms with Crippen molar-refractivity contribution in [3.05, 3.63) is 108 Å². The number of rotatable bonds is 7. The van der Waals surface area contributed by atoms with Crippen molar-refractivity contribution in [2.75, 3.05) is 0 Å². The molecule has 0 saturated heterocycles. The summed E-state index contributed by atoms with van der Waals surface area (Å²) in [4.78, 5) is 12.7. The van der Waals surface area contributed by atoms with Gasteiger partial charge in [-0.25, -0.2) is 0 Å². The van der Waals surface area contributed by atoms with Crippen LogP contribution >= 0.6 is 0 Å². The number of nitrogens with one attached hydrogen (secondary N) is 1. The molecule has 2 atom stereocenters. The summed E-state index contributed by atoms with van der Waals surface area (Å²) in [6.45, 7) is 2.03. The van der Waals surface area contributed by atoms with E-state index in [1.54, 1.807) is 0 Å². The van der Waals surface area contributed by atoms with Crippen molar-refractivity contribution in [2.45, 2.75) is 31.7 Å². The summed E-state index contributed by atoms with van der Waals surface area (Å²) in [5.41, 5.74) is 3.59. The second-order valence-electron chi connectivity index (χ2n) is 6.70. The van der Waals surface area contributed by atoms with E-state index in [1.165, 1.54) is 11.1 Å². The Balaban J connectivity index is 1.70. The highest BCUT2D eigenvalue weighted by Crippen LogP contribution is 2.25. The van der Waals surface area contributed by atoms with Crippen LogP contribution in [0.4, 0.5) is 0 Å². The van der Waals surface area contributed by atoms with Crippen LogP contribution in [0.2, 0.25) is 0 Å². The van der Waals surface area contributed by atoms with E-state index in [9.17, 15) is 4.79 Å². The molecule has 0 aliphatic rings. The lowest BCUT2D eigenvalue weighted by Crippen LogP contribution is -2.28. The van der Waals surface area contributed by atoms with E-state index in [2.05, 4.69) is 41.7 Å². The molecule has 26 heavy (non-hydrogen) atoms. The van der Waals surface area contributed by atoms with Gasteiger partial charge in [0.1, 0.15) is 0 Å². The maximum atomic E-state index is 12.7. The average Bonchev–Trinajstić information content (AvgIpc) is 2.69. The molecule has 0 aliphatic carbocycles. The number of carbonyl (C=O) groups is 1. The number of carbonyl (C=O) groups excluding carboxylic acids is 1. The van der Waals surface area contributed by atoms with E-state index in [4.69, 9.17) is 0 Å². The fourth-order valence-corrected chi connectivity index (χ4v) is 3.28. The summed E-state index contributed by atoms with van der Waals surface area (Å²) in [5.74, 6) is 0.257. The first-order chi connectivity index (χ1) is 12.7. The highest BCUT2D eigenvalue weighted by Gasteiger charge is 2.18. The van der Waals surface area contributed by atoms with Crippen LogP contribution < -0.4 is 5.32 Å². The van der Waals surface area contributed by atoms with Gasteiger partial charge in [0.2, 0.25) is 5.91 Å². The number of hydrogen-bond acceptors (Lipinski definition) is 1. The standard InChI is InChI=1S/C24H25NO/c1-19(21-13-7-3-8-14-21)25-24(26)18-23(22-15-9-4-10-16-22)17-20-11-5-2-6-12-20/h2-16,19,23H,17-18H2,1H3,(H,25,26)/t19-,23-/m0/s1. The van der Waals surface area contributed by atoms with E-state index in [0.717, 1.165) is 12.0 Å². The van der Waals surface area contributed by atoms with Crippen molar-refractivity contribution in [1.29, 1.82) is 0 Å². The van der Waals surface area contributed by atoms with E-state index >= 15 is 0 Å². The molecule has 3 aromatic carbocycles. The molecule has 2 heteroatoms. The number of amides is 1. The van der Waals surface area contributed by atoms with Crippen LogP contribution in [-0.2, 0) is 11.2 Å². The third-order valence-corrected chi connectivity index (χ3v) is 4.70. The molecule has 0 fully saturated rings. The van der Waals surface area contributed by atoms with Crippen molar-refractivity contribution in [1.82, 2.24) is 5.32 Å². The Labute approximate surface area is 155 Å². The molecule has 132 valence electrons. The van der Waals surface area contributed by atoms with Crippen molar-refractivity contribution in [3.8, 4) is 0 Å². The minimum Gasteiger partial charge on any atom is -0.350 e. The number of hydrogen-bond donors (Lipinski definition) is 1. The van der Waals surface area contributed by atoms with Crippen LogP contribution in [0.5, 0.6) is 0 Å². The molecule has 0 spiro atoms. The Hall–Kier alpha value is -2.87. The fraction of sp³-hybridized carbons (Fsp3) is 0.208. The van der Waals surface area contributed by atoms with Gasteiger partial charge in [0.25, 0.3) is 0 Å². The maximum absolute atomic E-state index is 12.7. The van der Waals surface area contributed by atoms with Crippen molar-refractivity contribution in [3.63, 3.8) is 0 Å². The van der Waals surface area contributed by atoms with Gasteiger partial charge in [-0.3, -0.25) is 4.79 Å². The van der Waals surface area contributed by atoms with Crippen LogP contribution in [0.15, 0.2) is 91.0 Å². The van der Waals surface area contributed by atoms with E-state index in [-0.39, 0.29) is 17.9 Å². The Morgan fingerprint density at radius 3 is 1.85 bits per heavy atom. The first-order valence-electron chi connectivity index (χ1n) is 9.15. The largest absolute Gasteiger partial charge is 0.350 e. The van der Waals surface area contributed by atoms with Crippen LogP contribution in [0.1, 0.15) is 42.0 Å². The molecule has 3 aromatic rings. The molecule has 0 aromatic heterocycles. The lowest BCUT2D eigenvalue weighted by Gasteiger charge is -2.20. The molecule has 0 saturated carbocycles. The van der Waals surface area contributed by atoms with Crippen molar-refractivity contribution >= 4 is 5.91 Å². The first-order valence-corrected chi connectivity index (χ1v) is 9.15.